The topological polar surface area (TPSA) is 66.0 Å². The van der Waals surface area contributed by atoms with Gasteiger partial charge < -0.3 is 10.1 Å². The average molecular weight is 258 g/mol. The Morgan fingerprint density at radius 3 is 2.58 bits per heavy atom. The first-order chi connectivity index (χ1) is 9.00. The molecule has 2 N–H and O–H groups in total. The van der Waals surface area contributed by atoms with Gasteiger partial charge in [-0.3, -0.25) is 4.79 Å². The van der Waals surface area contributed by atoms with Gasteiger partial charge in [0.1, 0.15) is 11.7 Å². The summed E-state index contributed by atoms with van der Waals surface area (Å²) in [6.07, 6.45) is 3.93. The van der Waals surface area contributed by atoms with E-state index in [0.717, 1.165) is 5.56 Å². The van der Waals surface area contributed by atoms with Crippen LogP contribution in [0.4, 0.5) is 0 Å². The standard InChI is InChI=1S/C15H18N2O2/c1-15(2,10-11-6-4-3-5-7-11)12(14(18)19)13-16-8-9-17-13/h3-9,12H,10H2,1-2H3,(H,16,17)(H,18,19). The molecule has 0 aliphatic heterocycles. The smallest absolute Gasteiger partial charge is 0.314 e. The van der Waals surface area contributed by atoms with Crippen molar-refractivity contribution in [2.45, 2.75) is 26.2 Å². The van der Waals surface area contributed by atoms with Crippen molar-refractivity contribution in [1.29, 1.82) is 0 Å². The van der Waals surface area contributed by atoms with Gasteiger partial charge in [-0.1, -0.05) is 44.2 Å². The molecule has 4 heteroatoms. The third kappa shape index (κ3) is 3.02. The van der Waals surface area contributed by atoms with Crippen LogP contribution in [0.25, 0.3) is 0 Å². The van der Waals surface area contributed by atoms with Gasteiger partial charge in [-0.25, -0.2) is 4.98 Å². The van der Waals surface area contributed by atoms with E-state index in [9.17, 15) is 9.90 Å². The molecule has 1 aromatic heterocycles. The minimum atomic E-state index is -0.851. The fraction of sp³-hybridized carbons (Fsp3) is 0.333. The Morgan fingerprint density at radius 1 is 1.37 bits per heavy atom. The van der Waals surface area contributed by atoms with Crippen LogP contribution >= 0.6 is 0 Å². The van der Waals surface area contributed by atoms with Gasteiger partial charge in [0, 0.05) is 12.4 Å². The molecule has 100 valence electrons. The molecular formula is C15H18N2O2. The van der Waals surface area contributed by atoms with Crippen molar-refractivity contribution >= 4 is 5.97 Å². The fourth-order valence-corrected chi connectivity index (χ4v) is 2.48. The molecule has 0 saturated carbocycles. The average Bonchev–Trinajstić information content (AvgIpc) is 2.82. The maximum absolute atomic E-state index is 11.6. The predicted octanol–water partition coefficient (Wildman–Crippen LogP) is 2.85. The van der Waals surface area contributed by atoms with Crippen molar-refractivity contribution in [2.24, 2.45) is 5.41 Å². The third-order valence-corrected chi connectivity index (χ3v) is 3.32. The summed E-state index contributed by atoms with van der Waals surface area (Å²) in [6.45, 7) is 3.92. The molecule has 2 rings (SSSR count). The molecule has 0 radical (unpaired) electrons. The molecule has 1 aromatic carbocycles. The van der Waals surface area contributed by atoms with Crippen LogP contribution < -0.4 is 0 Å². The number of imidazole rings is 1. The van der Waals surface area contributed by atoms with Crippen LogP contribution in [0.3, 0.4) is 0 Å². The largest absolute Gasteiger partial charge is 0.481 e. The SMILES string of the molecule is CC(C)(Cc1ccccc1)C(C(=O)O)c1ncc[nH]1. The van der Waals surface area contributed by atoms with E-state index in [4.69, 9.17) is 0 Å². The first-order valence-corrected chi connectivity index (χ1v) is 6.27. The summed E-state index contributed by atoms with van der Waals surface area (Å²) in [4.78, 5) is 18.6. The Hall–Kier alpha value is -2.10. The zero-order valence-electron chi connectivity index (χ0n) is 11.1. The molecule has 2 aromatic rings. The zero-order valence-corrected chi connectivity index (χ0v) is 11.1. The number of aromatic amines is 1. The van der Waals surface area contributed by atoms with Gasteiger partial charge in [0.2, 0.25) is 0 Å². The lowest BCUT2D eigenvalue weighted by Crippen LogP contribution is -2.31. The Morgan fingerprint density at radius 2 is 2.05 bits per heavy atom. The van der Waals surface area contributed by atoms with Gasteiger partial charge in [-0.15, -0.1) is 0 Å². The van der Waals surface area contributed by atoms with Crippen molar-refractivity contribution in [3.05, 3.63) is 54.1 Å². The molecule has 0 spiro atoms. The number of H-pyrrole nitrogens is 1. The number of hydrogen-bond acceptors (Lipinski definition) is 2. The van der Waals surface area contributed by atoms with E-state index in [1.165, 1.54) is 0 Å². The molecule has 19 heavy (non-hydrogen) atoms. The minimum absolute atomic E-state index is 0.426. The second-order valence-electron chi connectivity index (χ2n) is 5.40. The summed E-state index contributed by atoms with van der Waals surface area (Å²) >= 11 is 0. The molecule has 0 aliphatic carbocycles. The maximum Gasteiger partial charge on any atom is 0.314 e. The van der Waals surface area contributed by atoms with Gasteiger partial charge in [0.05, 0.1) is 0 Å². The van der Waals surface area contributed by atoms with Crippen LogP contribution in [0.2, 0.25) is 0 Å². The van der Waals surface area contributed by atoms with Crippen molar-refractivity contribution < 1.29 is 9.90 Å². The second kappa shape index (κ2) is 5.26. The Labute approximate surface area is 112 Å². The van der Waals surface area contributed by atoms with Crippen LogP contribution in [-0.4, -0.2) is 21.0 Å². The van der Waals surface area contributed by atoms with Gasteiger partial charge in [-0.2, -0.15) is 0 Å². The molecule has 0 bridgehead atoms. The molecule has 0 aliphatic rings. The fourth-order valence-electron chi connectivity index (χ4n) is 2.48. The van der Waals surface area contributed by atoms with Gasteiger partial charge in [0.15, 0.2) is 0 Å². The highest BCUT2D eigenvalue weighted by Crippen LogP contribution is 2.37. The van der Waals surface area contributed by atoms with E-state index >= 15 is 0 Å². The summed E-state index contributed by atoms with van der Waals surface area (Å²) in [7, 11) is 0. The number of hydrogen-bond donors (Lipinski definition) is 2. The summed E-state index contributed by atoms with van der Waals surface area (Å²) in [6, 6.07) is 9.92. The number of aromatic nitrogens is 2. The first kappa shape index (κ1) is 13.3. The van der Waals surface area contributed by atoms with Crippen molar-refractivity contribution in [3.63, 3.8) is 0 Å². The summed E-state index contributed by atoms with van der Waals surface area (Å²) in [5.41, 5.74) is 0.704. The van der Waals surface area contributed by atoms with E-state index in [2.05, 4.69) is 9.97 Å². The van der Waals surface area contributed by atoms with E-state index in [-0.39, 0.29) is 0 Å². The highest BCUT2D eigenvalue weighted by molar-refractivity contribution is 5.76. The minimum Gasteiger partial charge on any atom is -0.481 e. The van der Waals surface area contributed by atoms with E-state index in [0.29, 0.717) is 12.2 Å². The molecule has 1 atom stereocenters. The summed E-state index contributed by atoms with van der Waals surface area (Å²) in [5.74, 6) is -0.994. The molecule has 1 heterocycles. The van der Waals surface area contributed by atoms with Gasteiger partial charge in [0.25, 0.3) is 0 Å². The lowest BCUT2D eigenvalue weighted by molar-refractivity contribution is -0.142. The van der Waals surface area contributed by atoms with Crippen molar-refractivity contribution in [1.82, 2.24) is 9.97 Å². The van der Waals surface area contributed by atoms with Gasteiger partial charge in [-0.05, 0) is 17.4 Å². The molecule has 1 unspecified atom stereocenters. The van der Waals surface area contributed by atoms with E-state index < -0.39 is 17.3 Å². The molecule has 0 fully saturated rings. The highest BCUT2D eigenvalue weighted by Gasteiger charge is 2.38. The maximum atomic E-state index is 11.6. The van der Waals surface area contributed by atoms with Crippen LogP contribution in [0.1, 0.15) is 31.2 Å². The zero-order chi connectivity index (χ0) is 13.9. The van der Waals surface area contributed by atoms with Crippen LogP contribution in [0, 0.1) is 5.41 Å². The highest BCUT2D eigenvalue weighted by atomic mass is 16.4. The molecular weight excluding hydrogens is 240 g/mol. The Balaban J connectivity index is 2.28. The molecule has 0 amide bonds. The van der Waals surface area contributed by atoms with Crippen LogP contribution in [0.5, 0.6) is 0 Å². The van der Waals surface area contributed by atoms with Crippen molar-refractivity contribution in [2.75, 3.05) is 0 Å². The lowest BCUT2D eigenvalue weighted by atomic mass is 9.74. The van der Waals surface area contributed by atoms with Crippen molar-refractivity contribution in [3.8, 4) is 0 Å². The predicted molar refractivity (Wildman–Crippen MR) is 72.9 cm³/mol. The third-order valence-electron chi connectivity index (χ3n) is 3.32. The normalized spacial score (nSPS) is 13.2. The van der Waals surface area contributed by atoms with E-state index in [1.807, 2.05) is 44.2 Å². The second-order valence-corrected chi connectivity index (χ2v) is 5.40. The quantitative estimate of drug-likeness (QED) is 0.866. The number of benzene rings is 1. The molecule has 4 nitrogen and oxygen atoms in total. The molecule has 0 saturated heterocycles. The number of rotatable bonds is 5. The number of carboxylic acids is 1. The lowest BCUT2D eigenvalue weighted by Gasteiger charge is -2.30. The number of nitrogens with zero attached hydrogens (tertiary/aromatic N) is 1. The first-order valence-electron chi connectivity index (χ1n) is 6.27. The van der Waals surface area contributed by atoms with Crippen LogP contribution in [-0.2, 0) is 11.2 Å². The monoisotopic (exact) mass is 258 g/mol. The van der Waals surface area contributed by atoms with E-state index in [1.54, 1.807) is 12.4 Å². The summed E-state index contributed by atoms with van der Waals surface area (Å²) in [5, 5.41) is 9.50. The number of carbonyl (C=O) groups is 1. The van der Waals surface area contributed by atoms with Gasteiger partial charge >= 0.3 is 5.97 Å². The Bertz CT molecular complexity index is 533. The number of nitrogens with one attached hydrogen (secondary N) is 1. The summed E-state index contributed by atoms with van der Waals surface area (Å²) < 4.78 is 0. The Kier molecular flexibility index (Phi) is 3.69. The van der Waals surface area contributed by atoms with Crippen LogP contribution in [0.15, 0.2) is 42.7 Å². The number of aliphatic carboxylic acids is 1. The number of carboxylic acid groups (broad SMARTS) is 1.